The molecule has 0 aromatic rings. The van der Waals surface area contributed by atoms with Gasteiger partial charge < -0.3 is 15.2 Å². The van der Waals surface area contributed by atoms with E-state index in [9.17, 15) is 14.7 Å². The van der Waals surface area contributed by atoms with Gasteiger partial charge in [0.15, 0.2) is 0 Å². The summed E-state index contributed by atoms with van der Waals surface area (Å²) in [5.41, 5.74) is -0.803. The molecule has 1 amide bonds. The molecular weight excluding hydrogens is 246 g/mol. The summed E-state index contributed by atoms with van der Waals surface area (Å²) >= 11 is 0. The average Bonchev–Trinajstić information content (AvgIpc) is 2.92. The lowest BCUT2D eigenvalue weighted by Crippen LogP contribution is -2.42. The van der Waals surface area contributed by atoms with E-state index in [0.717, 1.165) is 12.8 Å². The van der Waals surface area contributed by atoms with Crippen molar-refractivity contribution in [1.82, 2.24) is 5.32 Å². The molecule has 0 aliphatic heterocycles. The number of rotatable bonds is 5. The Morgan fingerprint density at radius 3 is 2.53 bits per heavy atom. The van der Waals surface area contributed by atoms with Gasteiger partial charge in [-0.15, -0.1) is 0 Å². The summed E-state index contributed by atoms with van der Waals surface area (Å²) in [6, 6.07) is 0. The summed E-state index contributed by atoms with van der Waals surface area (Å²) in [5.74, 6) is 0.232. The Morgan fingerprint density at radius 1 is 1.37 bits per heavy atom. The highest BCUT2D eigenvalue weighted by molar-refractivity contribution is 5.77. The zero-order chi connectivity index (χ0) is 13.9. The first-order chi connectivity index (χ1) is 9.07. The first-order valence-electron chi connectivity index (χ1n) is 6.82. The molecule has 2 saturated carbocycles. The fourth-order valence-corrected chi connectivity index (χ4v) is 3.56. The van der Waals surface area contributed by atoms with Gasteiger partial charge in [-0.05, 0) is 24.7 Å². The van der Waals surface area contributed by atoms with Crippen LogP contribution < -0.4 is 5.32 Å². The number of hydrogen-bond acceptors (Lipinski definition) is 3. The third-order valence-electron chi connectivity index (χ3n) is 4.48. The fourth-order valence-electron chi connectivity index (χ4n) is 3.56. The van der Waals surface area contributed by atoms with Crippen molar-refractivity contribution in [3.63, 3.8) is 0 Å². The number of aliphatic carboxylic acids is 1. The van der Waals surface area contributed by atoms with Gasteiger partial charge in [-0.25, -0.2) is 4.79 Å². The quantitative estimate of drug-likeness (QED) is 0.749. The van der Waals surface area contributed by atoms with Crippen LogP contribution in [0.1, 0.15) is 32.1 Å². The number of fused-ring (bicyclic) bond motifs is 1. The van der Waals surface area contributed by atoms with Crippen LogP contribution in [-0.4, -0.2) is 30.3 Å². The van der Waals surface area contributed by atoms with Gasteiger partial charge in [0.1, 0.15) is 6.61 Å². The number of nitrogens with one attached hydrogen (secondary N) is 1. The highest BCUT2D eigenvalue weighted by Crippen LogP contribution is 2.52. The SMILES string of the molecule is C=CCOC(=O)NCC1(C(=O)O)CC2CCCC2C1. The molecule has 2 aliphatic carbocycles. The Labute approximate surface area is 113 Å². The van der Waals surface area contributed by atoms with Crippen LogP contribution in [0.4, 0.5) is 4.79 Å². The second-order valence-corrected chi connectivity index (χ2v) is 5.69. The maximum Gasteiger partial charge on any atom is 0.407 e. The topological polar surface area (TPSA) is 75.6 Å². The lowest BCUT2D eigenvalue weighted by molar-refractivity contribution is -0.148. The third kappa shape index (κ3) is 2.91. The van der Waals surface area contributed by atoms with E-state index in [2.05, 4.69) is 11.9 Å². The van der Waals surface area contributed by atoms with E-state index in [1.165, 1.54) is 12.5 Å². The number of carbonyl (C=O) groups is 2. The second kappa shape index (κ2) is 5.63. The Morgan fingerprint density at radius 2 is 2.00 bits per heavy atom. The largest absolute Gasteiger partial charge is 0.481 e. The van der Waals surface area contributed by atoms with Crippen LogP contribution >= 0.6 is 0 Å². The Bertz CT molecular complexity index is 368. The number of ether oxygens (including phenoxy) is 1. The number of hydrogen-bond donors (Lipinski definition) is 2. The number of amides is 1. The fraction of sp³-hybridized carbons (Fsp3) is 0.714. The third-order valence-corrected chi connectivity index (χ3v) is 4.48. The summed E-state index contributed by atoms with van der Waals surface area (Å²) in [6.45, 7) is 3.75. The van der Waals surface area contributed by atoms with Gasteiger partial charge in [0, 0.05) is 6.54 Å². The Kier molecular flexibility index (Phi) is 4.12. The van der Waals surface area contributed by atoms with Gasteiger partial charge in [0.05, 0.1) is 5.41 Å². The minimum Gasteiger partial charge on any atom is -0.481 e. The summed E-state index contributed by atoms with van der Waals surface area (Å²) in [6.07, 6.45) is 5.72. The van der Waals surface area contributed by atoms with E-state index in [0.29, 0.717) is 24.7 Å². The number of carboxylic acids is 1. The monoisotopic (exact) mass is 267 g/mol. The molecule has 106 valence electrons. The van der Waals surface area contributed by atoms with Gasteiger partial charge in [0.2, 0.25) is 0 Å². The van der Waals surface area contributed by atoms with Gasteiger partial charge in [-0.1, -0.05) is 31.9 Å². The van der Waals surface area contributed by atoms with E-state index < -0.39 is 17.5 Å². The molecular formula is C14H21NO4. The molecule has 2 aliphatic rings. The van der Waals surface area contributed by atoms with Gasteiger partial charge in [-0.3, -0.25) is 4.79 Å². The van der Waals surface area contributed by atoms with E-state index in [1.54, 1.807) is 0 Å². The molecule has 2 rings (SSSR count). The van der Waals surface area contributed by atoms with Gasteiger partial charge in [-0.2, -0.15) is 0 Å². The predicted octanol–water partition coefficient (Wildman–Crippen LogP) is 2.18. The molecule has 2 fully saturated rings. The van der Waals surface area contributed by atoms with E-state index in [4.69, 9.17) is 4.74 Å². The molecule has 0 radical (unpaired) electrons. The molecule has 5 heteroatoms. The predicted molar refractivity (Wildman–Crippen MR) is 69.7 cm³/mol. The van der Waals surface area contributed by atoms with Crippen molar-refractivity contribution >= 4 is 12.1 Å². The zero-order valence-electron chi connectivity index (χ0n) is 11.1. The minimum atomic E-state index is -0.803. The molecule has 0 saturated heterocycles. The van der Waals surface area contributed by atoms with Crippen LogP contribution in [-0.2, 0) is 9.53 Å². The van der Waals surface area contributed by atoms with Crippen LogP contribution in [0.5, 0.6) is 0 Å². The Balaban J connectivity index is 1.92. The van der Waals surface area contributed by atoms with E-state index >= 15 is 0 Å². The van der Waals surface area contributed by atoms with Crippen molar-refractivity contribution < 1.29 is 19.4 Å². The van der Waals surface area contributed by atoms with Crippen molar-refractivity contribution in [3.8, 4) is 0 Å². The molecule has 0 bridgehead atoms. The standard InChI is InChI=1S/C14H21NO4/c1-2-6-19-13(18)15-9-14(12(16)17)7-10-4-3-5-11(10)8-14/h2,10-11H,1,3-9H2,(H,15,18)(H,16,17). The van der Waals surface area contributed by atoms with Gasteiger partial charge >= 0.3 is 12.1 Å². The lowest BCUT2D eigenvalue weighted by atomic mass is 9.83. The van der Waals surface area contributed by atoms with Crippen LogP contribution in [0.25, 0.3) is 0 Å². The van der Waals surface area contributed by atoms with Crippen molar-refractivity contribution in [2.45, 2.75) is 32.1 Å². The summed E-state index contributed by atoms with van der Waals surface area (Å²) in [7, 11) is 0. The van der Waals surface area contributed by atoms with Crippen LogP contribution in [0.15, 0.2) is 12.7 Å². The maximum atomic E-state index is 11.6. The van der Waals surface area contributed by atoms with Crippen molar-refractivity contribution in [2.24, 2.45) is 17.3 Å². The first kappa shape index (κ1) is 13.9. The highest BCUT2D eigenvalue weighted by atomic mass is 16.5. The van der Waals surface area contributed by atoms with Crippen molar-refractivity contribution in [1.29, 1.82) is 0 Å². The average molecular weight is 267 g/mol. The molecule has 2 unspecified atom stereocenters. The zero-order valence-corrected chi connectivity index (χ0v) is 11.1. The summed E-state index contributed by atoms with van der Waals surface area (Å²) in [4.78, 5) is 23.0. The highest BCUT2D eigenvalue weighted by Gasteiger charge is 2.51. The molecule has 0 spiro atoms. The first-order valence-corrected chi connectivity index (χ1v) is 6.82. The number of carboxylic acid groups (broad SMARTS) is 1. The maximum absolute atomic E-state index is 11.6. The van der Waals surface area contributed by atoms with E-state index in [1.807, 2.05) is 0 Å². The summed E-state index contributed by atoms with van der Waals surface area (Å²) < 4.78 is 4.81. The minimum absolute atomic E-state index is 0.136. The normalized spacial score (nSPS) is 32.6. The van der Waals surface area contributed by atoms with Crippen molar-refractivity contribution in [2.75, 3.05) is 13.2 Å². The molecule has 2 N–H and O–H groups in total. The van der Waals surface area contributed by atoms with Crippen LogP contribution in [0.2, 0.25) is 0 Å². The van der Waals surface area contributed by atoms with Crippen molar-refractivity contribution in [3.05, 3.63) is 12.7 Å². The number of carbonyl (C=O) groups excluding carboxylic acids is 1. The molecule has 2 atom stereocenters. The molecule has 5 nitrogen and oxygen atoms in total. The Hall–Kier alpha value is -1.52. The van der Waals surface area contributed by atoms with Crippen LogP contribution in [0, 0.1) is 17.3 Å². The molecule has 0 aromatic heterocycles. The van der Waals surface area contributed by atoms with Crippen LogP contribution in [0.3, 0.4) is 0 Å². The van der Waals surface area contributed by atoms with E-state index in [-0.39, 0.29) is 13.2 Å². The molecule has 0 heterocycles. The molecule has 0 aromatic carbocycles. The smallest absolute Gasteiger partial charge is 0.407 e. The molecule has 19 heavy (non-hydrogen) atoms. The number of alkyl carbamates (subject to hydrolysis) is 1. The second-order valence-electron chi connectivity index (χ2n) is 5.69. The lowest BCUT2D eigenvalue weighted by Gasteiger charge is -2.25. The summed E-state index contributed by atoms with van der Waals surface area (Å²) in [5, 5.41) is 12.1. The van der Waals surface area contributed by atoms with Gasteiger partial charge in [0.25, 0.3) is 0 Å².